The zero-order valence-electron chi connectivity index (χ0n) is 9.29. The average molecular weight is 276 g/mol. The second-order valence-corrected chi connectivity index (χ2v) is 4.19. The lowest BCUT2D eigenvalue weighted by molar-refractivity contribution is -0.137. The van der Waals surface area contributed by atoms with Gasteiger partial charge in [0.05, 0.1) is 16.3 Å². The standard InChI is InChI=1S/C11H9ClF3N3/c1-6-4-10(16)17-18(6)7-2-3-9(12)8(5-7)11(13,14)15/h2-5H,1H3,(H2,16,17). The van der Waals surface area contributed by atoms with Gasteiger partial charge < -0.3 is 5.73 Å². The van der Waals surface area contributed by atoms with Crippen LogP contribution < -0.4 is 5.73 Å². The van der Waals surface area contributed by atoms with Gasteiger partial charge in [0, 0.05) is 11.8 Å². The Labute approximate surface area is 106 Å². The molecule has 2 rings (SSSR count). The van der Waals surface area contributed by atoms with E-state index in [9.17, 15) is 13.2 Å². The Balaban J connectivity index is 2.57. The van der Waals surface area contributed by atoms with E-state index in [0.29, 0.717) is 5.69 Å². The SMILES string of the molecule is Cc1cc(N)nn1-c1ccc(Cl)c(C(F)(F)F)c1. The highest BCUT2D eigenvalue weighted by Crippen LogP contribution is 2.35. The summed E-state index contributed by atoms with van der Waals surface area (Å²) < 4.78 is 39.5. The topological polar surface area (TPSA) is 43.8 Å². The molecule has 0 saturated heterocycles. The molecule has 0 radical (unpaired) electrons. The van der Waals surface area contributed by atoms with Crippen molar-refractivity contribution in [2.75, 3.05) is 5.73 Å². The van der Waals surface area contributed by atoms with Crippen molar-refractivity contribution < 1.29 is 13.2 Å². The van der Waals surface area contributed by atoms with Gasteiger partial charge in [-0.15, -0.1) is 0 Å². The third kappa shape index (κ3) is 2.28. The Morgan fingerprint density at radius 1 is 1.28 bits per heavy atom. The zero-order chi connectivity index (χ0) is 13.5. The van der Waals surface area contributed by atoms with Crippen LogP contribution in [0.1, 0.15) is 11.3 Å². The lowest BCUT2D eigenvalue weighted by atomic mass is 10.2. The predicted molar refractivity (Wildman–Crippen MR) is 62.7 cm³/mol. The maximum Gasteiger partial charge on any atom is 0.417 e. The summed E-state index contributed by atoms with van der Waals surface area (Å²) >= 11 is 5.54. The number of nitrogens with two attached hydrogens (primary N) is 1. The van der Waals surface area contributed by atoms with Gasteiger partial charge in [0.1, 0.15) is 5.82 Å². The minimum Gasteiger partial charge on any atom is -0.382 e. The van der Waals surface area contributed by atoms with E-state index in [-0.39, 0.29) is 16.5 Å². The molecule has 0 aliphatic heterocycles. The van der Waals surface area contributed by atoms with Gasteiger partial charge in [0.25, 0.3) is 0 Å². The molecule has 2 N–H and O–H groups in total. The molecule has 1 heterocycles. The van der Waals surface area contributed by atoms with Crippen molar-refractivity contribution in [2.45, 2.75) is 13.1 Å². The fraction of sp³-hybridized carbons (Fsp3) is 0.182. The third-order valence-corrected chi connectivity index (χ3v) is 2.74. The van der Waals surface area contributed by atoms with E-state index < -0.39 is 11.7 Å². The molecule has 0 unspecified atom stereocenters. The van der Waals surface area contributed by atoms with Crippen molar-refractivity contribution in [1.82, 2.24) is 9.78 Å². The van der Waals surface area contributed by atoms with Crippen LogP contribution in [0.4, 0.5) is 19.0 Å². The summed E-state index contributed by atoms with van der Waals surface area (Å²) in [6.07, 6.45) is -4.50. The normalized spacial score (nSPS) is 11.8. The Bertz CT molecular complexity index is 590. The molecule has 1 aromatic carbocycles. The highest BCUT2D eigenvalue weighted by Gasteiger charge is 2.33. The van der Waals surface area contributed by atoms with Crippen molar-refractivity contribution in [2.24, 2.45) is 0 Å². The molecule has 7 heteroatoms. The second kappa shape index (κ2) is 4.20. The number of rotatable bonds is 1. The summed E-state index contributed by atoms with van der Waals surface area (Å²) in [6.45, 7) is 1.70. The van der Waals surface area contributed by atoms with E-state index in [1.165, 1.54) is 16.8 Å². The number of hydrogen-bond acceptors (Lipinski definition) is 2. The number of benzene rings is 1. The summed E-state index contributed by atoms with van der Waals surface area (Å²) in [7, 11) is 0. The van der Waals surface area contributed by atoms with Crippen molar-refractivity contribution in [1.29, 1.82) is 0 Å². The van der Waals surface area contributed by atoms with Crippen molar-refractivity contribution in [3.63, 3.8) is 0 Å². The van der Waals surface area contributed by atoms with Crippen LogP contribution in [0.3, 0.4) is 0 Å². The van der Waals surface area contributed by atoms with Gasteiger partial charge in [0.2, 0.25) is 0 Å². The summed E-state index contributed by atoms with van der Waals surface area (Å²) in [5.41, 5.74) is 5.50. The second-order valence-electron chi connectivity index (χ2n) is 3.78. The predicted octanol–water partition coefficient (Wildman–Crippen LogP) is 3.44. The van der Waals surface area contributed by atoms with E-state index >= 15 is 0 Å². The molecule has 0 atom stereocenters. The number of aryl methyl sites for hydroxylation is 1. The fourth-order valence-electron chi connectivity index (χ4n) is 1.62. The van der Waals surface area contributed by atoms with E-state index in [1.807, 2.05) is 0 Å². The summed E-state index contributed by atoms with van der Waals surface area (Å²) in [6, 6.07) is 5.16. The highest BCUT2D eigenvalue weighted by molar-refractivity contribution is 6.31. The summed E-state index contributed by atoms with van der Waals surface area (Å²) in [4.78, 5) is 0. The minimum absolute atomic E-state index is 0.246. The van der Waals surface area contributed by atoms with Crippen LogP contribution in [0.5, 0.6) is 0 Å². The van der Waals surface area contributed by atoms with Crippen LogP contribution in [-0.2, 0) is 6.18 Å². The van der Waals surface area contributed by atoms with Gasteiger partial charge in [-0.2, -0.15) is 18.3 Å². The van der Waals surface area contributed by atoms with E-state index in [2.05, 4.69) is 5.10 Å². The molecule has 0 spiro atoms. The lowest BCUT2D eigenvalue weighted by Gasteiger charge is -2.11. The van der Waals surface area contributed by atoms with Crippen LogP contribution in [0, 0.1) is 6.92 Å². The Morgan fingerprint density at radius 3 is 2.44 bits per heavy atom. The third-order valence-electron chi connectivity index (χ3n) is 2.41. The van der Waals surface area contributed by atoms with Crippen LogP contribution >= 0.6 is 11.6 Å². The van der Waals surface area contributed by atoms with Crippen LogP contribution in [0.2, 0.25) is 5.02 Å². The first-order valence-electron chi connectivity index (χ1n) is 4.98. The van der Waals surface area contributed by atoms with Gasteiger partial charge in [-0.25, -0.2) is 4.68 Å². The van der Waals surface area contributed by atoms with Gasteiger partial charge in [0.15, 0.2) is 0 Å². The summed E-state index contributed by atoms with van der Waals surface area (Å²) in [5.74, 6) is 0.246. The molecule has 0 bridgehead atoms. The molecule has 2 aromatic rings. The van der Waals surface area contributed by atoms with Crippen molar-refractivity contribution in [3.05, 3.63) is 40.5 Å². The first kappa shape index (κ1) is 12.8. The Kier molecular flexibility index (Phi) is 2.98. The first-order valence-corrected chi connectivity index (χ1v) is 5.36. The van der Waals surface area contributed by atoms with E-state index in [1.54, 1.807) is 13.0 Å². The molecular formula is C11H9ClF3N3. The molecule has 0 fully saturated rings. The molecule has 18 heavy (non-hydrogen) atoms. The molecule has 0 saturated carbocycles. The first-order chi connectivity index (χ1) is 8.29. The number of hydrogen-bond donors (Lipinski definition) is 1. The number of nitrogens with zero attached hydrogens (tertiary/aromatic N) is 2. The van der Waals surface area contributed by atoms with Crippen LogP contribution in [-0.4, -0.2) is 9.78 Å². The number of alkyl halides is 3. The zero-order valence-corrected chi connectivity index (χ0v) is 10.0. The van der Waals surface area contributed by atoms with E-state index in [0.717, 1.165) is 6.07 Å². The maximum atomic E-state index is 12.7. The number of aromatic nitrogens is 2. The smallest absolute Gasteiger partial charge is 0.382 e. The van der Waals surface area contributed by atoms with Crippen LogP contribution in [0.15, 0.2) is 24.3 Å². The molecule has 96 valence electrons. The monoisotopic (exact) mass is 275 g/mol. The largest absolute Gasteiger partial charge is 0.417 e. The quantitative estimate of drug-likeness (QED) is 0.866. The molecular weight excluding hydrogens is 267 g/mol. The van der Waals surface area contributed by atoms with Gasteiger partial charge >= 0.3 is 6.18 Å². The Morgan fingerprint density at radius 2 is 1.94 bits per heavy atom. The van der Waals surface area contributed by atoms with Crippen molar-refractivity contribution in [3.8, 4) is 5.69 Å². The number of anilines is 1. The molecule has 0 aliphatic carbocycles. The average Bonchev–Trinajstić information content (AvgIpc) is 2.57. The number of halogens is 4. The van der Waals surface area contributed by atoms with Gasteiger partial charge in [-0.05, 0) is 25.1 Å². The molecule has 1 aromatic heterocycles. The fourth-order valence-corrected chi connectivity index (χ4v) is 1.85. The lowest BCUT2D eigenvalue weighted by Crippen LogP contribution is -2.08. The van der Waals surface area contributed by atoms with E-state index in [4.69, 9.17) is 17.3 Å². The maximum absolute atomic E-state index is 12.7. The number of nitrogen functional groups attached to an aromatic ring is 1. The van der Waals surface area contributed by atoms with Crippen molar-refractivity contribution >= 4 is 17.4 Å². The highest BCUT2D eigenvalue weighted by atomic mass is 35.5. The molecule has 0 amide bonds. The summed E-state index contributed by atoms with van der Waals surface area (Å²) in [5, 5.41) is 3.57. The molecule has 0 aliphatic rings. The van der Waals surface area contributed by atoms with Gasteiger partial charge in [-0.1, -0.05) is 11.6 Å². The van der Waals surface area contributed by atoms with Crippen LogP contribution in [0.25, 0.3) is 5.69 Å². The Hall–Kier alpha value is -1.69. The molecule has 3 nitrogen and oxygen atoms in total. The minimum atomic E-state index is -4.50. The van der Waals surface area contributed by atoms with Gasteiger partial charge in [-0.3, -0.25) is 0 Å².